The molecule has 0 bridgehead atoms. The summed E-state index contributed by atoms with van der Waals surface area (Å²) in [5, 5.41) is 0. The molecule has 1 rings (SSSR count). The Labute approximate surface area is 105 Å². The van der Waals surface area contributed by atoms with E-state index in [9.17, 15) is 8.42 Å². The lowest BCUT2D eigenvalue weighted by Crippen LogP contribution is -2.30. The molecule has 1 saturated heterocycles. The lowest BCUT2D eigenvalue weighted by molar-refractivity contribution is -0.0476. The molecule has 102 valence electrons. The van der Waals surface area contributed by atoms with Gasteiger partial charge in [0, 0.05) is 13.2 Å². The molecule has 17 heavy (non-hydrogen) atoms. The summed E-state index contributed by atoms with van der Waals surface area (Å²) < 4.78 is 34.3. The Balaban J connectivity index is 2.40. The Morgan fingerprint density at radius 1 is 0.941 bits per heavy atom. The smallest absolute Gasteiger partial charge is 0.155 e. The molecule has 0 N–H and O–H groups in total. The van der Waals surface area contributed by atoms with Crippen LogP contribution in [-0.4, -0.2) is 45.3 Å². The molecule has 0 aromatic carbocycles. The molecule has 2 unspecified atom stereocenters. The molecule has 1 fully saturated rings. The van der Waals surface area contributed by atoms with Crippen molar-refractivity contribution in [1.82, 2.24) is 0 Å². The largest absolute Gasteiger partial charge is 0.374 e. The van der Waals surface area contributed by atoms with E-state index in [4.69, 9.17) is 9.47 Å². The summed E-state index contributed by atoms with van der Waals surface area (Å²) in [6.07, 6.45) is 3.53. The van der Waals surface area contributed by atoms with Gasteiger partial charge in [-0.1, -0.05) is 26.7 Å². The van der Waals surface area contributed by atoms with Crippen molar-refractivity contribution in [3.8, 4) is 0 Å². The van der Waals surface area contributed by atoms with Gasteiger partial charge in [-0.05, 0) is 12.8 Å². The molecule has 0 spiro atoms. The molecule has 0 saturated carbocycles. The van der Waals surface area contributed by atoms with E-state index in [1.165, 1.54) is 0 Å². The SMILES string of the molecule is CCCCOC1CS(=O)(=O)CC1OCCCC. The van der Waals surface area contributed by atoms with Gasteiger partial charge in [-0.25, -0.2) is 8.42 Å². The van der Waals surface area contributed by atoms with Crippen LogP contribution in [0.5, 0.6) is 0 Å². The highest BCUT2D eigenvalue weighted by Crippen LogP contribution is 2.19. The topological polar surface area (TPSA) is 52.6 Å². The van der Waals surface area contributed by atoms with Crippen molar-refractivity contribution in [2.75, 3.05) is 24.7 Å². The van der Waals surface area contributed by atoms with Crippen LogP contribution in [-0.2, 0) is 19.3 Å². The molecule has 1 heterocycles. The van der Waals surface area contributed by atoms with Crippen LogP contribution in [0.2, 0.25) is 0 Å². The third-order valence-electron chi connectivity index (χ3n) is 2.91. The third-order valence-corrected chi connectivity index (χ3v) is 4.58. The van der Waals surface area contributed by atoms with Crippen molar-refractivity contribution in [2.24, 2.45) is 0 Å². The monoisotopic (exact) mass is 264 g/mol. The van der Waals surface area contributed by atoms with Crippen LogP contribution in [0, 0.1) is 0 Å². The van der Waals surface area contributed by atoms with Crippen molar-refractivity contribution >= 4 is 9.84 Å². The predicted molar refractivity (Wildman–Crippen MR) is 67.9 cm³/mol. The lowest BCUT2D eigenvalue weighted by atomic mass is 10.2. The van der Waals surface area contributed by atoms with Crippen LogP contribution in [0.15, 0.2) is 0 Å². The van der Waals surface area contributed by atoms with E-state index < -0.39 is 9.84 Å². The Morgan fingerprint density at radius 2 is 1.35 bits per heavy atom. The normalized spacial score (nSPS) is 27.4. The first-order valence-corrected chi connectivity index (χ1v) is 8.34. The van der Waals surface area contributed by atoms with Crippen molar-refractivity contribution in [2.45, 2.75) is 51.7 Å². The number of hydrogen-bond donors (Lipinski definition) is 0. The summed E-state index contributed by atoms with van der Waals surface area (Å²) in [6, 6.07) is 0. The number of hydrogen-bond acceptors (Lipinski definition) is 4. The second-order valence-electron chi connectivity index (χ2n) is 4.60. The fourth-order valence-corrected chi connectivity index (χ4v) is 3.61. The van der Waals surface area contributed by atoms with Crippen molar-refractivity contribution in [3.05, 3.63) is 0 Å². The van der Waals surface area contributed by atoms with E-state index in [0.29, 0.717) is 13.2 Å². The van der Waals surface area contributed by atoms with Crippen LogP contribution in [0.1, 0.15) is 39.5 Å². The molecule has 0 amide bonds. The first-order chi connectivity index (χ1) is 8.09. The van der Waals surface area contributed by atoms with Gasteiger partial charge in [0.2, 0.25) is 0 Å². The zero-order valence-corrected chi connectivity index (χ0v) is 11.7. The molecule has 0 radical (unpaired) electrons. The van der Waals surface area contributed by atoms with E-state index in [0.717, 1.165) is 25.7 Å². The van der Waals surface area contributed by atoms with Gasteiger partial charge in [-0.15, -0.1) is 0 Å². The Morgan fingerprint density at radius 3 is 1.71 bits per heavy atom. The van der Waals surface area contributed by atoms with Crippen LogP contribution in [0.3, 0.4) is 0 Å². The van der Waals surface area contributed by atoms with Crippen LogP contribution < -0.4 is 0 Å². The van der Waals surface area contributed by atoms with Gasteiger partial charge in [0.25, 0.3) is 0 Å². The number of sulfone groups is 1. The molecule has 0 aromatic rings. The van der Waals surface area contributed by atoms with E-state index in [-0.39, 0.29) is 23.7 Å². The molecule has 2 atom stereocenters. The maximum absolute atomic E-state index is 11.6. The highest BCUT2D eigenvalue weighted by molar-refractivity contribution is 7.91. The van der Waals surface area contributed by atoms with Crippen molar-refractivity contribution in [3.63, 3.8) is 0 Å². The van der Waals surface area contributed by atoms with Gasteiger partial charge in [0.05, 0.1) is 23.7 Å². The molecule has 1 aliphatic rings. The Hall–Kier alpha value is -0.130. The maximum Gasteiger partial charge on any atom is 0.155 e. The molecule has 4 nitrogen and oxygen atoms in total. The molecule has 0 aliphatic carbocycles. The predicted octanol–water partition coefficient (Wildman–Crippen LogP) is 1.79. The van der Waals surface area contributed by atoms with E-state index >= 15 is 0 Å². The Bertz CT molecular complexity index is 276. The van der Waals surface area contributed by atoms with E-state index in [1.54, 1.807) is 0 Å². The summed E-state index contributed by atoms with van der Waals surface area (Å²) in [7, 11) is -2.97. The number of unbranched alkanes of at least 4 members (excludes halogenated alkanes) is 2. The van der Waals surface area contributed by atoms with Gasteiger partial charge in [-0.2, -0.15) is 0 Å². The minimum absolute atomic E-state index is 0.119. The quantitative estimate of drug-likeness (QED) is 0.627. The van der Waals surface area contributed by atoms with E-state index in [1.807, 2.05) is 0 Å². The molecule has 0 aromatic heterocycles. The number of ether oxygens (including phenoxy) is 2. The highest BCUT2D eigenvalue weighted by Gasteiger charge is 2.38. The van der Waals surface area contributed by atoms with Crippen LogP contribution in [0.4, 0.5) is 0 Å². The van der Waals surface area contributed by atoms with Crippen molar-refractivity contribution in [1.29, 1.82) is 0 Å². The fourth-order valence-electron chi connectivity index (χ4n) is 1.85. The third kappa shape index (κ3) is 5.36. The minimum Gasteiger partial charge on any atom is -0.374 e. The minimum atomic E-state index is -2.97. The first kappa shape index (κ1) is 14.9. The van der Waals surface area contributed by atoms with Crippen LogP contribution >= 0.6 is 0 Å². The first-order valence-electron chi connectivity index (χ1n) is 6.52. The van der Waals surface area contributed by atoms with Gasteiger partial charge >= 0.3 is 0 Å². The summed E-state index contributed by atoms with van der Waals surface area (Å²) in [5.41, 5.74) is 0. The molecular formula is C12H24O4S. The lowest BCUT2D eigenvalue weighted by Gasteiger charge is -2.19. The second-order valence-corrected chi connectivity index (χ2v) is 6.76. The second kappa shape index (κ2) is 7.34. The zero-order chi connectivity index (χ0) is 12.7. The van der Waals surface area contributed by atoms with E-state index in [2.05, 4.69) is 13.8 Å². The average Bonchev–Trinajstić information content (AvgIpc) is 2.54. The summed E-state index contributed by atoms with van der Waals surface area (Å²) in [6.45, 7) is 5.43. The molecule has 5 heteroatoms. The fraction of sp³-hybridized carbons (Fsp3) is 1.00. The van der Waals surface area contributed by atoms with Crippen molar-refractivity contribution < 1.29 is 17.9 Å². The average molecular weight is 264 g/mol. The number of rotatable bonds is 8. The van der Waals surface area contributed by atoms with Crippen LogP contribution in [0.25, 0.3) is 0 Å². The summed E-state index contributed by atoms with van der Waals surface area (Å²) in [5.74, 6) is 0.237. The highest BCUT2D eigenvalue weighted by atomic mass is 32.2. The van der Waals surface area contributed by atoms with Gasteiger partial charge < -0.3 is 9.47 Å². The van der Waals surface area contributed by atoms with Gasteiger partial charge in [0.1, 0.15) is 0 Å². The molecular weight excluding hydrogens is 240 g/mol. The summed E-state index contributed by atoms with van der Waals surface area (Å²) in [4.78, 5) is 0. The zero-order valence-electron chi connectivity index (χ0n) is 10.9. The standard InChI is InChI=1S/C12H24O4S/c1-3-5-7-15-11-9-17(13,14)10-12(11)16-8-6-4-2/h11-12H,3-10H2,1-2H3. The van der Waals surface area contributed by atoms with Gasteiger partial charge in [0.15, 0.2) is 9.84 Å². The Kier molecular flexibility index (Phi) is 6.44. The molecule has 1 aliphatic heterocycles. The van der Waals surface area contributed by atoms with Gasteiger partial charge in [-0.3, -0.25) is 0 Å². The summed E-state index contributed by atoms with van der Waals surface area (Å²) >= 11 is 0. The maximum atomic E-state index is 11.6.